The average molecular weight is 224 g/mol. The van der Waals surface area contributed by atoms with E-state index in [0.29, 0.717) is 11.8 Å². The molecule has 0 spiro atoms. The van der Waals surface area contributed by atoms with Gasteiger partial charge in [-0.25, -0.2) is 0 Å². The van der Waals surface area contributed by atoms with Gasteiger partial charge in [-0.05, 0) is 17.8 Å². The van der Waals surface area contributed by atoms with Crippen LogP contribution in [0, 0.1) is 17.8 Å². The Balaban J connectivity index is 1.78. The molecule has 16 heavy (non-hydrogen) atoms. The molecular formula is C13H24N2O. The summed E-state index contributed by atoms with van der Waals surface area (Å²) in [5.41, 5.74) is 0. The van der Waals surface area contributed by atoms with Crippen molar-refractivity contribution in [2.24, 2.45) is 17.8 Å². The van der Waals surface area contributed by atoms with E-state index in [4.69, 9.17) is 0 Å². The van der Waals surface area contributed by atoms with Gasteiger partial charge in [0.15, 0.2) is 0 Å². The van der Waals surface area contributed by atoms with Gasteiger partial charge in [0.1, 0.15) is 0 Å². The molecule has 2 aliphatic heterocycles. The van der Waals surface area contributed by atoms with Crippen molar-refractivity contribution >= 4 is 5.91 Å². The lowest BCUT2D eigenvalue weighted by Crippen LogP contribution is -2.32. The highest BCUT2D eigenvalue weighted by Gasteiger charge is 2.37. The summed E-state index contributed by atoms with van der Waals surface area (Å²) in [6, 6.07) is 0. The number of nitrogens with one attached hydrogen (secondary N) is 1. The van der Waals surface area contributed by atoms with Gasteiger partial charge in [-0.15, -0.1) is 0 Å². The molecule has 92 valence electrons. The second kappa shape index (κ2) is 5.17. The third kappa shape index (κ3) is 2.57. The third-order valence-electron chi connectivity index (χ3n) is 4.05. The number of carbonyl (C=O) groups is 1. The molecule has 0 bridgehead atoms. The Bertz CT molecular complexity index is 242. The van der Waals surface area contributed by atoms with Crippen molar-refractivity contribution in [1.82, 2.24) is 10.2 Å². The molecule has 1 amide bonds. The molecule has 3 heteroatoms. The van der Waals surface area contributed by atoms with Gasteiger partial charge in [0, 0.05) is 32.6 Å². The number of amides is 1. The molecule has 0 aromatic carbocycles. The molecule has 0 radical (unpaired) electrons. The van der Waals surface area contributed by atoms with Crippen molar-refractivity contribution in [3.8, 4) is 0 Å². The summed E-state index contributed by atoms with van der Waals surface area (Å²) < 4.78 is 0. The molecule has 1 N–H and O–H groups in total. The number of hydrogen-bond acceptors (Lipinski definition) is 2. The minimum Gasteiger partial charge on any atom is -0.342 e. The van der Waals surface area contributed by atoms with Crippen LogP contribution in [0.1, 0.15) is 33.1 Å². The molecule has 3 atom stereocenters. The van der Waals surface area contributed by atoms with E-state index in [2.05, 4.69) is 24.1 Å². The van der Waals surface area contributed by atoms with Crippen LogP contribution in [0.4, 0.5) is 0 Å². The van der Waals surface area contributed by atoms with Gasteiger partial charge in [0.25, 0.3) is 0 Å². The minimum absolute atomic E-state index is 0.385. The smallest absolute Gasteiger partial charge is 0.222 e. The van der Waals surface area contributed by atoms with E-state index < -0.39 is 0 Å². The molecule has 0 aromatic heterocycles. The Morgan fingerprint density at radius 1 is 1.38 bits per heavy atom. The van der Waals surface area contributed by atoms with Gasteiger partial charge in [-0.2, -0.15) is 0 Å². The molecule has 2 fully saturated rings. The van der Waals surface area contributed by atoms with Gasteiger partial charge in [0.05, 0.1) is 0 Å². The zero-order valence-corrected chi connectivity index (χ0v) is 10.5. The van der Waals surface area contributed by atoms with E-state index >= 15 is 0 Å². The topological polar surface area (TPSA) is 32.3 Å². The maximum Gasteiger partial charge on any atom is 0.222 e. The van der Waals surface area contributed by atoms with E-state index in [1.165, 1.54) is 12.8 Å². The lowest BCUT2D eigenvalue weighted by atomic mass is 10.0. The predicted molar refractivity (Wildman–Crippen MR) is 65.1 cm³/mol. The fourth-order valence-corrected chi connectivity index (χ4v) is 3.08. The van der Waals surface area contributed by atoms with Crippen molar-refractivity contribution in [1.29, 1.82) is 0 Å². The van der Waals surface area contributed by atoms with Crippen LogP contribution < -0.4 is 5.32 Å². The molecule has 2 rings (SSSR count). The standard InChI is InChI=1S/C13H24N2O/c1-3-4-10(2)5-13(16)15-8-11-6-14-7-12(11)9-15/h10-12,14H,3-9H2,1-2H3/t10?,11-,12+. The van der Waals surface area contributed by atoms with Crippen LogP contribution in [0.25, 0.3) is 0 Å². The van der Waals surface area contributed by atoms with E-state index in [1.54, 1.807) is 0 Å². The van der Waals surface area contributed by atoms with Gasteiger partial charge in [-0.3, -0.25) is 4.79 Å². The van der Waals surface area contributed by atoms with Gasteiger partial charge in [-0.1, -0.05) is 26.7 Å². The van der Waals surface area contributed by atoms with Crippen molar-refractivity contribution in [2.75, 3.05) is 26.2 Å². The molecule has 2 heterocycles. The maximum atomic E-state index is 12.1. The van der Waals surface area contributed by atoms with Crippen molar-refractivity contribution in [2.45, 2.75) is 33.1 Å². The number of carbonyl (C=O) groups excluding carboxylic acids is 1. The average Bonchev–Trinajstić information content (AvgIpc) is 2.76. The predicted octanol–water partition coefficient (Wildman–Crippen LogP) is 1.49. The van der Waals surface area contributed by atoms with Crippen LogP contribution in [0.15, 0.2) is 0 Å². The number of hydrogen-bond donors (Lipinski definition) is 1. The first-order valence-electron chi connectivity index (χ1n) is 6.69. The molecular weight excluding hydrogens is 200 g/mol. The van der Waals surface area contributed by atoms with Crippen molar-refractivity contribution < 1.29 is 4.79 Å². The third-order valence-corrected chi connectivity index (χ3v) is 4.05. The SMILES string of the molecule is CCCC(C)CC(=O)N1C[C@H]2CNC[C@H]2C1. The molecule has 2 aliphatic rings. The zero-order chi connectivity index (χ0) is 11.5. The Morgan fingerprint density at radius 3 is 2.56 bits per heavy atom. The lowest BCUT2D eigenvalue weighted by molar-refractivity contribution is -0.131. The Labute approximate surface area is 98.6 Å². The normalized spacial score (nSPS) is 30.5. The first-order chi connectivity index (χ1) is 7.70. The summed E-state index contributed by atoms with van der Waals surface area (Å²) in [5, 5.41) is 3.41. The van der Waals surface area contributed by atoms with Crippen LogP contribution in [0.5, 0.6) is 0 Å². The summed E-state index contributed by atoms with van der Waals surface area (Å²) in [5.74, 6) is 2.39. The monoisotopic (exact) mass is 224 g/mol. The summed E-state index contributed by atoms with van der Waals surface area (Å²) >= 11 is 0. The fraction of sp³-hybridized carbons (Fsp3) is 0.923. The maximum absolute atomic E-state index is 12.1. The van der Waals surface area contributed by atoms with Crippen molar-refractivity contribution in [3.05, 3.63) is 0 Å². The van der Waals surface area contributed by atoms with Crippen LogP contribution in [-0.4, -0.2) is 37.0 Å². The lowest BCUT2D eigenvalue weighted by Gasteiger charge is -2.19. The number of fused-ring (bicyclic) bond motifs is 1. The molecule has 2 saturated heterocycles. The van der Waals surface area contributed by atoms with Crippen LogP contribution in [0.3, 0.4) is 0 Å². The summed E-state index contributed by atoms with van der Waals surface area (Å²) in [6.07, 6.45) is 3.11. The second-order valence-corrected chi connectivity index (χ2v) is 5.58. The van der Waals surface area contributed by atoms with Crippen LogP contribution in [-0.2, 0) is 4.79 Å². The minimum atomic E-state index is 0.385. The Morgan fingerprint density at radius 2 is 2.00 bits per heavy atom. The number of rotatable bonds is 4. The van der Waals surface area contributed by atoms with E-state index in [1.807, 2.05) is 0 Å². The Kier molecular flexibility index (Phi) is 3.85. The van der Waals surface area contributed by atoms with Crippen LogP contribution in [0.2, 0.25) is 0 Å². The summed E-state index contributed by atoms with van der Waals surface area (Å²) in [7, 11) is 0. The summed E-state index contributed by atoms with van der Waals surface area (Å²) in [6.45, 7) is 8.59. The quantitative estimate of drug-likeness (QED) is 0.784. The molecule has 1 unspecified atom stereocenters. The van der Waals surface area contributed by atoms with Crippen LogP contribution >= 0.6 is 0 Å². The van der Waals surface area contributed by atoms with Gasteiger partial charge in [0.2, 0.25) is 5.91 Å². The van der Waals surface area contributed by atoms with Gasteiger partial charge >= 0.3 is 0 Å². The first-order valence-corrected chi connectivity index (χ1v) is 6.69. The summed E-state index contributed by atoms with van der Waals surface area (Å²) in [4.78, 5) is 14.2. The highest BCUT2D eigenvalue weighted by Crippen LogP contribution is 2.27. The largest absolute Gasteiger partial charge is 0.342 e. The highest BCUT2D eigenvalue weighted by molar-refractivity contribution is 5.76. The molecule has 0 saturated carbocycles. The highest BCUT2D eigenvalue weighted by atomic mass is 16.2. The Hall–Kier alpha value is -0.570. The second-order valence-electron chi connectivity index (χ2n) is 5.58. The van der Waals surface area contributed by atoms with E-state index in [9.17, 15) is 4.79 Å². The van der Waals surface area contributed by atoms with E-state index in [0.717, 1.165) is 44.4 Å². The molecule has 3 nitrogen and oxygen atoms in total. The zero-order valence-electron chi connectivity index (χ0n) is 10.5. The van der Waals surface area contributed by atoms with Gasteiger partial charge < -0.3 is 10.2 Å². The van der Waals surface area contributed by atoms with Crippen molar-refractivity contribution in [3.63, 3.8) is 0 Å². The number of nitrogens with zero attached hydrogens (tertiary/aromatic N) is 1. The molecule has 0 aromatic rings. The first kappa shape index (κ1) is 11.9. The number of likely N-dealkylation sites (tertiary alicyclic amines) is 1. The van der Waals surface area contributed by atoms with E-state index in [-0.39, 0.29) is 0 Å². The fourth-order valence-electron chi connectivity index (χ4n) is 3.08. The molecule has 0 aliphatic carbocycles.